The van der Waals surface area contributed by atoms with E-state index < -0.39 is 0 Å². The lowest BCUT2D eigenvalue weighted by atomic mass is 10.0. The molecule has 0 saturated heterocycles. The number of nitrogens with one attached hydrogen (secondary N) is 2. The fraction of sp³-hybridized carbons (Fsp3) is 0.100. The smallest absolute Gasteiger partial charge is 0.258 e. The van der Waals surface area contributed by atoms with Crippen LogP contribution >= 0.6 is 0 Å². The number of nitrogens with zero attached hydrogens (tertiary/aromatic N) is 3. The lowest BCUT2D eigenvalue weighted by molar-refractivity contribution is 0.102. The van der Waals surface area contributed by atoms with E-state index in [2.05, 4.69) is 46.5 Å². The number of pyridine rings is 1. The van der Waals surface area contributed by atoms with Gasteiger partial charge in [0.1, 0.15) is 6.33 Å². The molecule has 0 aliphatic heterocycles. The number of benzene rings is 2. The molecule has 4 aromatic rings. The van der Waals surface area contributed by atoms with Gasteiger partial charge < -0.3 is 0 Å². The molecule has 0 bridgehead atoms. The van der Waals surface area contributed by atoms with Gasteiger partial charge in [-0.25, -0.2) is 10.1 Å². The van der Waals surface area contributed by atoms with Crippen molar-refractivity contribution in [2.45, 2.75) is 13.8 Å². The van der Waals surface area contributed by atoms with Crippen molar-refractivity contribution < 1.29 is 4.79 Å². The van der Waals surface area contributed by atoms with E-state index in [4.69, 9.17) is 4.98 Å². The van der Waals surface area contributed by atoms with Gasteiger partial charge in [0.05, 0.1) is 16.8 Å². The van der Waals surface area contributed by atoms with Crippen molar-refractivity contribution in [2.24, 2.45) is 0 Å². The van der Waals surface area contributed by atoms with E-state index in [1.54, 1.807) is 0 Å². The molecule has 2 aromatic carbocycles. The van der Waals surface area contributed by atoms with E-state index >= 15 is 0 Å². The van der Waals surface area contributed by atoms with Crippen molar-refractivity contribution in [2.75, 3.05) is 5.32 Å². The maximum Gasteiger partial charge on any atom is 0.258 e. The minimum atomic E-state index is -0.259. The summed E-state index contributed by atoms with van der Waals surface area (Å²) in [7, 11) is 0. The normalized spacial score (nSPS) is 10.8. The number of carbonyl (C=O) groups excluding carboxylic acids is 1. The molecular formula is C20H17N5O. The summed E-state index contributed by atoms with van der Waals surface area (Å²) in [4.78, 5) is 21.5. The molecule has 1 amide bonds. The molecular weight excluding hydrogens is 326 g/mol. The maximum absolute atomic E-state index is 12.8. The largest absolute Gasteiger partial charge is 0.291 e. The lowest BCUT2D eigenvalue weighted by Crippen LogP contribution is -2.14. The standard InChI is InChI=1S/C20H17N5O/c1-12-7-8-14(9-13(12)2)18-10-16(15-5-3-4-6-17(15)23-18)19(26)24-20-21-11-22-25-20/h3-11H,1-2H3,(H2,21,22,24,25,26). The summed E-state index contributed by atoms with van der Waals surface area (Å²) < 4.78 is 0. The van der Waals surface area contributed by atoms with E-state index in [1.165, 1.54) is 17.5 Å². The number of aryl methyl sites for hydroxylation is 2. The zero-order chi connectivity index (χ0) is 18.1. The number of aromatic amines is 1. The van der Waals surface area contributed by atoms with Crippen LogP contribution in [0.3, 0.4) is 0 Å². The Labute approximate surface area is 150 Å². The molecule has 2 aromatic heterocycles. The quantitative estimate of drug-likeness (QED) is 0.591. The first kappa shape index (κ1) is 16.0. The van der Waals surface area contributed by atoms with Gasteiger partial charge in [-0.2, -0.15) is 10.1 Å². The number of H-pyrrole nitrogens is 1. The zero-order valence-corrected chi connectivity index (χ0v) is 14.4. The van der Waals surface area contributed by atoms with Gasteiger partial charge in [-0.1, -0.05) is 30.3 Å². The second-order valence-electron chi connectivity index (χ2n) is 6.16. The molecule has 0 unspecified atom stereocenters. The van der Waals surface area contributed by atoms with Gasteiger partial charge in [0.15, 0.2) is 0 Å². The van der Waals surface area contributed by atoms with E-state index in [0.29, 0.717) is 11.5 Å². The number of anilines is 1. The average Bonchev–Trinajstić information content (AvgIpc) is 3.16. The monoisotopic (exact) mass is 343 g/mol. The highest BCUT2D eigenvalue weighted by Gasteiger charge is 2.15. The van der Waals surface area contributed by atoms with Gasteiger partial charge in [0, 0.05) is 10.9 Å². The van der Waals surface area contributed by atoms with Crippen LogP contribution < -0.4 is 5.32 Å². The number of fused-ring (bicyclic) bond motifs is 1. The van der Waals surface area contributed by atoms with Gasteiger partial charge >= 0.3 is 0 Å². The predicted molar refractivity (Wildman–Crippen MR) is 101 cm³/mol. The first-order valence-corrected chi connectivity index (χ1v) is 8.26. The van der Waals surface area contributed by atoms with Gasteiger partial charge in [-0.15, -0.1) is 0 Å². The Morgan fingerprint density at radius 2 is 1.88 bits per heavy atom. The molecule has 4 rings (SSSR count). The Balaban J connectivity index is 1.85. The summed E-state index contributed by atoms with van der Waals surface area (Å²) >= 11 is 0. The van der Waals surface area contributed by atoms with Crippen LogP contribution in [0.1, 0.15) is 21.5 Å². The number of hydrogen-bond acceptors (Lipinski definition) is 4. The Morgan fingerprint density at radius 3 is 2.65 bits per heavy atom. The van der Waals surface area contributed by atoms with Gasteiger partial charge in [0.2, 0.25) is 5.95 Å². The van der Waals surface area contributed by atoms with Gasteiger partial charge in [-0.3, -0.25) is 10.1 Å². The average molecular weight is 343 g/mol. The summed E-state index contributed by atoms with van der Waals surface area (Å²) in [6.07, 6.45) is 1.35. The molecule has 0 aliphatic carbocycles. The van der Waals surface area contributed by atoms with Crippen LogP contribution in [0.2, 0.25) is 0 Å². The topological polar surface area (TPSA) is 83.6 Å². The second-order valence-corrected chi connectivity index (χ2v) is 6.16. The molecule has 6 nitrogen and oxygen atoms in total. The van der Waals surface area contributed by atoms with Crippen LogP contribution in [-0.2, 0) is 0 Å². The minimum absolute atomic E-state index is 0.259. The highest BCUT2D eigenvalue weighted by Crippen LogP contribution is 2.26. The van der Waals surface area contributed by atoms with Gasteiger partial charge in [0.25, 0.3) is 5.91 Å². The number of hydrogen-bond donors (Lipinski definition) is 2. The molecule has 0 aliphatic rings. The SMILES string of the molecule is Cc1ccc(-c2cc(C(=O)Nc3ncn[nH]3)c3ccccc3n2)cc1C. The third-order valence-electron chi connectivity index (χ3n) is 4.41. The third-order valence-corrected chi connectivity index (χ3v) is 4.41. The van der Waals surface area contributed by atoms with E-state index in [0.717, 1.165) is 22.2 Å². The molecule has 2 heterocycles. The van der Waals surface area contributed by atoms with E-state index in [9.17, 15) is 4.79 Å². The molecule has 128 valence electrons. The molecule has 0 fully saturated rings. The summed E-state index contributed by atoms with van der Waals surface area (Å²) in [6, 6.07) is 15.6. The van der Waals surface area contributed by atoms with Crippen molar-refractivity contribution >= 4 is 22.8 Å². The summed E-state index contributed by atoms with van der Waals surface area (Å²) in [5.74, 6) is 0.0501. The number of carbonyl (C=O) groups is 1. The van der Waals surface area contributed by atoms with Crippen molar-refractivity contribution in [1.29, 1.82) is 0 Å². The predicted octanol–water partition coefficient (Wildman–Crippen LogP) is 3.89. The fourth-order valence-corrected chi connectivity index (χ4v) is 2.85. The van der Waals surface area contributed by atoms with Crippen molar-refractivity contribution in [3.8, 4) is 11.3 Å². The van der Waals surface area contributed by atoms with Crippen LogP contribution in [-0.4, -0.2) is 26.1 Å². The van der Waals surface area contributed by atoms with Crippen LogP contribution in [0.4, 0.5) is 5.95 Å². The molecule has 0 radical (unpaired) electrons. The highest BCUT2D eigenvalue weighted by atomic mass is 16.1. The number of amides is 1. The Bertz CT molecular complexity index is 1100. The Kier molecular flexibility index (Phi) is 3.93. The summed E-state index contributed by atoms with van der Waals surface area (Å²) in [5.41, 5.74) is 5.45. The first-order chi connectivity index (χ1) is 12.6. The van der Waals surface area contributed by atoms with Crippen LogP contribution in [0.25, 0.3) is 22.2 Å². The molecule has 0 spiro atoms. The minimum Gasteiger partial charge on any atom is -0.291 e. The Hall–Kier alpha value is -3.54. The molecule has 26 heavy (non-hydrogen) atoms. The maximum atomic E-state index is 12.8. The summed E-state index contributed by atoms with van der Waals surface area (Å²) in [5, 5.41) is 9.91. The lowest BCUT2D eigenvalue weighted by Gasteiger charge is -2.10. The zero-order valence-electron chi connectivity index (χ0n) is 14.4. The second kappa shape index (κ2) is 6.40. The van der Waals surface area contributed by atoms with Crippen LogP contribution in [0.5, 0.6) is 0 Å². The fourth-order valence-electron chi connectivity index (χ4n) is 2.85. The third kappa shape index (κ3) is 2.93. The van der Waals surface area contributed by atoms with E-state index in [1.807, 2.05) is 36.4 Å². The number of para-hydroxylation sites is 1. The Morgan fingerprint density at radius 1 is 1.04 bits per heavy atom. The molecule has 0 saturated carbocycles. The van der Waals surface area contributed by atoms with Crippen molar-refractivity contribution in [1.82, 2.24) is 20.2 Å². The van der Waals surface area contributed by atoms with Crippen molar-refractivity contribution in [3.05, 3.63) is 71.5 Å². The molecule has 2 N–H and O–H groups in total. The first-order valence-electron chi connectivity index (χ1n) is 8.26. The van der Waals surface area contributed by atoms with Crippen molar-refractivity contribution in [3.63, 3.8) is 0 Å². The highest BCUT2D eigenvalue weighted by molar-refractivity contribution is 6.12. The number of rotatable bonds is 3. The summed E-state index contributed by atoms with van der Waals surface area (Å²) in [6.45, 7) is 4.14. The van der Waals surface area contributed by atoms with Crippen LogP contribution in [0.15, 0.2) is 54.9 Å². The van der Waals surface area contributed by atoms with Crippen LogP contribution in [0, 0.1) is 13.8 Å². The molecule has 6 heteroatoms. The van der Waals surface area contributed by atoms with E-state index in [-0.39, 0.29) is 5.91 Å². The number of aromatic nitrogens is 4. The molecule has 0 atom stereocenters. The van der Waals surface area contributed by atoms with Gasteiger partial charge in [-0.05, 0) is 43.2 Å².